The topological polar surface area (TPSA) is 80.9 Å². The van der Waals surface area contributed by atoms with Crippen LogP contribution in [0.25, 0.3) is 10.9 Å². The summed E-state index contributed by atoms with van der Waals surface area (Å²) in [6.07, 6.45) is 0.325. The number of ether oxygens (including phenoxy) is 3. The van der Waals surface area contributed by atoms with E-state index in [-0.39, 0.29) is 19.0 Å². The lowest BCUT2D eigenvalue weighted by Gasteiger charge is -2.35. The minimum absolute atomic E-state index is 0.146. The van der Waals surface area contributed by atoms with Crippen molar-refractivity contribution in [2.75, 3.05) is 26.9 Å². The number of hydrogen-bond acceptors (Lipinski definition) is 5. The van der Waals surface area contributed by atoms with Crippen LogP contribution in [0.1, 0.15) is 28.4 Å². The molecule has 1 aromatic heterocycles. The average Bonchev–Trinajstić information content (AvgIpc) is 3.28. The lowest BCUT2D eigenvalue weighted by atomic mass is 9.92. The van der Waals surface area contributed by atoms with Crippen molar-refractivity contribution in [1.82, 2.24) is 9.88 Å². The zero-order valence-electron chi connectivity index (χ0n) is 20.7. The Morgan fingerprint density at radius 3 is 2.45 bits per heavy atom. The smallest absolute Gasteiger partial charge is 0.416 e. The second-order valence-corrected chi connectivity index (χ2v) is 9.88. The van der Waals surface area contributed by atoms with Gasteiger partial charge in [-0.05, 0) is 65.6 Å². The van der Waals surface area contributed by atoms with Gasteiger partial charge in [0.1, 0.15) is 18.4 Å². The van der Waals surface area contributed by atoms with Gasteiger partial charge in [0.15, 0.2) is 0 Å². The van der Waals surface area contributed by atoms with E-state index in [0.717, 1.165) is 33.3 Å². The van der Waals surface area contributed by atoms with E-state index in [2.05, 4.69) is 4.98 Å². The number of benzene rings is 3. The highest BCUT2D eigenvalue weighted by Gasteiger charge is 2.35. The number of esters is 1. The summed E-state index contributed by atoms with van der Waals surface area (Å²) in [4.78, 5) is 30.8. The summed E-state index contributed by atoms with van der Waals surface area (Å²) >= 11 is 12.3. The Morgan fingerprint density at radius 1 is 0.974 bits per heavy atom. The maximum atomic E-state index is 13.4. The summed E-state index contributed by atoms with van der Waals surface area (Å²) < 4.78 is 15.8. The maximum Gasteiger partial charge on any atom is 0.416 e. The van der Waals surface area contributed by atoms with Gasteiger partial charge >= 0.3 is 12.1 Å². The number of fused-ring (bicyclic) bond motifs is 3. The van der Waals surface area contributed by atoms with Crippen molar-refractivity contribution in [2.24, 2.45) is 0 Å². The number of halogens is 2. The molecule has 1 N–H and O–H groups in total. The average molecular weight is 553 g/mol. The fraction of sp³-hybridized carbons (Fsp3) is 0.241. The number of aromatic amines is 1. The lowest BCUT2D eigenvalue weighted by molar-refractivity contribution is -0.144. The number of rotatable bonds is 7. The molecule has 0 spiro atoms. The minimum atomic E-state index is -0.467. The van der Waals surface area contributed by atoms with Crippen LogP contribution in [0.15, 0.2) is 66.7 Å². The highest BCUT2D eigenvalue weighted by Crippen LogP contribution is 2.39. The first-order chi connectivity index (χ1) is 18.4. The molecule has 0 bridgehead atoms. The minimum Gasteiger partial charge on any atom is -0.463 e. The molecule has 1 amide bonds. The predicted molar refractivity (Wildman–Crippen MR) is 146 cm³/mol. The highest BCUT2D eigenvalue weighted by molar-refractivity contribution is 6.31. The van der Waals surface area contributed by atoms with Crippen molar-refractivity contribution in [3.63, 3.8) is 0 Å². The molecule has 7 nitrogen and oxygen atoms in total. The van der Waals surface area contributed by atoms with Gasteiger partial charge in [-0.2, -0.15) is 0 Å². The van der Waals surface area contributed by atoms with Crippen molar-refractivity contribution in [3.8, 4) is 5.75 Å². The number of methoxy groups -OCH3 is 1. The van der Waals surface area contributed by atoms with E-state index in [9.17, 15) is 9.59 Å². The van der Waals surface area contributed by atoms with E-state index < -0.39 is 12.1 Å². The van der Waals surface area contributed by atoms with E-state index in [1.807, 2.05) is 42.5 Å². The second kappa shape index (κ2) is 11.5. The molecule has 0 saturated heterocycles. The van der Waals surface area contributed by atoms with E-state index in [0.29, 0.717) is 35.4 Å². The van der Waals surface area contributed by atoms with E-state index >= 15 is 0 Å². The number of aromatic nitrogens is 1. The summed E-state index contributed by atoms with van der Waals surface area (Å²) in [7, 11) is 1.56. The first-order valence-electron chi connectivity index (χ1n) is 12.2. The largest absolute Gasteiger partial charge is 0.463 e. The molecule has 1 aliphatic rings. The maximum absolute atomic E-state index is 13.4. The van der Waals surface area contributed by atoms with Crippen LogP contribution in [0.5, 0.6) is 5.75 Å². The molecule has 1 unspecified atom stereocenters. The molecule has 2 heterocycles. The molecule has 9 heteroatoms. The first-order valence-corrected chi connectivity index (χ1v) is 13.0. The highest BCUT2D eigenvalue weighted by atomic mass is 35.5. The van der Waals surface area contributed by atoms with Gasteiger partial charge in [-0.1, -0.05) is 47.5 Å². The molecule has 4 aromatic rings. The van der Waals surface area contributed by atoms with Crippen molar-refractivity contribution in [3.05, 3.63) is 99.2 Å². The summed E-state index contributed by atoms with van der Waals surface area (Å²) in [6.45, 7) is 1.02. The molecule has 1 atom stereocenters. The van der Waals surface area contributed by atoms with Gasteiger partial charge in [0.2, 0.25) is 0 Å². The first kappa shape index (κ1) is 26.1. The third-order valence-electron chi connectivity index (χ3n) is 6.54. The number of nitrogens with one attached hydrogen (secondary N) is 1. The standard InChI is InChI=1S/C29H26Cl2N2O5/c1-36-14-15-37-26(34)16-18-2-4-19(5-3-18)28-27-23(24-17-21(31)8-11-25(24)32-27)12-13-33(28)29(35)38-22-9-6-20(30)7-10-22/h2-11,17,28,32H,12-16H2,1H3. The third-order valence-corrected chi connectivity index (χ3v) is 7.02. The molecule has 196 valence electrons. The number of H-pyrrole nitrogens is 1. The van der Waals surface area contributed by atoms with Gasteiger partial charge in [0, 0.05) is 40.3 Å². The van der Waals surface area contributed by atoms with Crippen molar-refractivity contribution in [1.29, 1.82) is 0 Å². The number of nitrogens with zero attached hydrogens (tertiary/aromatic N) is 1. The number of carbonyl (C=O) groups is 2. The quantitative estimate of drug-likeness (QED) is 0.213. The Morgan fingerprint density at radius 2 is 1.71 bits per heavy atom. The SMILES string of the molecule is COCCOC(=O)Cc1ccc(C2c3[nH]c4ccc(Cl)cc4c3CCN2C(=O)Oc2ccc(Cl)cc2)cc1. The molecule has 1 aliphatic heterocycles. The molecule has 0 saturated carbocycles. The number of hydrogen-bond donors (Lipinski definition) is 1. The Balaban J connectivity index is 1.46. The fourth-order valence-corrected chi connectivity index (χ4v) is 5.04. The summed E-state index contributed by atoms with van der Waals surface area (Å²) in [5, 5.41) is 2.26. The Labute approximate surface area is 230 Å². The molecule has 38 heavy (non-hydrogen) atoms. The normalized spacial score (nSPS) is 14.8. The monoisotopic (exact) mass is 552 g/mol. The van der Waals surface area contributed by atoms with Crippen LogP contribution in [0.2, 0.25) is 10.0 Å². The van der Waals surface area contributed by atoms with Crippen LogP contribution in [-0.2, 0) is 27.1 Å². The third kappa shape index (κ3) is 5.65. The van der Waals surface area contributed by atoms with Crippen LogP contribution in [-0.4, -0.2) is 48.8 Å². The predicted octanol–water partition coefficient (Wildman–Crippen LogP) is 6.35. The zero-order chi connectivity index (χ0) is 26.6. The van der Waals surface area contributed by atoms with E-state index in [4.69, 9.17) is 37.4 Å². The molecule has 3 aromatic carbocycles. The lowest BCUT2D eigenvalue weighted by Crippen LogP contribution is -2.42. The van der Waals surface area contributed by atoms with Crippen LogP contribution >= 0.6 is 23.2 Å². The van der Waals surface area contributed by atoms with Crippen molar-refractivity contribution in [2.45, 2.75) is 18.9 Å². The van der Waals surface area contributed by atoms with Crippen LogP contribution in [0, 0.1) is 0 Å². The summed E-state index contributed by atoms with van der Waals surface area (Å²) in [6, 6.07) is 19.6. The number of amides is 1. The van der Waals surface area contributed by atoms with Gasteiger partial charge < -0.3 is 19.2 Å². The molecular weight excluding hydrogens is 527 g/mol. The van der Waals surface area contributed by atoms with E-state index in [1.54, 1.807) is 36.3 Å². The van der Waals surface area contributed by atoms with Gasteiger partial charge in [0.05, 0.1) is 13.0 Å². The Kier molecular flexibility index (Phi) is 7.88. The molecule has 0 aliphatic carbocycles. The van der Waals surface area contributed by atoms with Crippen LogP contribution < -0.4 is 4.74 Å². The molecule has 0 fully saturated rings. The Bertz CT molecular complexity index is 1450. The molecular formula is C29H26Cl2N2O5. The van der Waals surface area contributed by atoms with Crippen molar-refractivity contribution >= 4 is 46.2 Å². The molecule has 5 rings (SSSR count). The van der Waals surface area contributed by atoms with Gasteiger partial charge in [-0.3, -0.25) is 9.69 Å². The van der Waals surface area contributed by atoms with Gasteiger partial charge in [0.25, 0.3) is 0 Å². The van der Waals surface area contributed by atoms with Gasteiger partial charge in [-0.15, -0.1) is 0 Å². The second-order valence-electron chi connectivity index (χ2n) is 9.01. The summed E-state index contributed by atoms with van der Waals surface area (Å²) in [5.41, 5.74) is 4.67. The van der Waals surface area contributed by atoms with Crippen molar-refractivity contribution < 1.29 is 23.8 Å². The van der Waals surface area contributed by atoms with Gasteiger partial charge in [-0.25, -0.2) is 4.79 Å². The fourth-order valence-electron chi connectivity index (χ4n) is 4.74. The zero-order valence-corrected chi connectivity index (χ0v) is 22.2. The van der Waals surface area contributed by atoms with Crippen LogP contribution in [0.3, 0.4) is 0 Å². The molecule has 0 radical (unpaired) electrons. The van der Waals surface area contributed by atoms with Crippen LogP contribution in [0.4, 0.5) is 4.79 Å². The summed E-state index contributed by atoms with van der Waals surface area (Å²) in [5.74, 6) is 0.0881. The number of carbonyl (C=O) groups excluding carboxylic acids is 2. The van der Waals surface area contributed by atoms with E-state index in [1.165, 1.54) is 0 Å². The Hall–Kier alpha value is -3.52.